The quantitative estimate of drug-likeness (QED) is 0.758. The van der Waals surface area contributed by atoms with Gasteiger partial charge < -0.3 is 14.5 Å². The van der Waals surface area contributed by atoms with Crippen molar-refractivity contribution in [1.29, 1.82) is 0 Å². The number of nitrogens with zero attached hydrogens (tertiary/aromatic N) is 1. The normalized spacial score (nSPS) is 12.3. The number of ether oxygens (including phenoxy) is 2. The zero-order valence-corrected chi connectivity index (χ0v) is 13.1. The molecule has 1 heterocycles. The lowest BCUT2D eigenvalue weighted by Gasteiger charge is -2.12. The van der Waals surface area contributed by atoms with Crippen molar-refractivity contribution in [3.63, 3.8) is 0 Å². The fourth-order valence-electron chi connectivity index (χ4n) is 2.38. The van der Waals surface area contributed by atoms with E-state index in [1.165, 1.54) is 5.56 Å². The maximum atomic E-state index is 5.94. The molecule has 0 bridgehead atoms. The first kappa shape index (κ1) is 14.4. The molecule has 0 radical (unpaired) electrons. The molecule has 1 unspecified atom stereocenters. The van der Waals surface area contributed by atoms with E-state index >= 15 is 0 Å². The topological polar surface area (TPSA) is 47.1 Å². The molecule has 3 aromatic rings. The average molecular weight is 296 g/mol. The molecule has 0 fully saturated rings. The maximum Gasteiger partial charge on any atom is 0.153 e. The van der Waals surface area contributed by atoms with Gasteiger partial charge in [0.25, 0.3) is 0 Å². The summed E-state index contributed by atoms with van der Waals surface area (Å²) in [6.07, 6.45) is -0.148. The Labute approximate surface area is 130 Å². The van der Waals surface area contributed by atoms with Gasteiger partial charge in [0.15, 0.2) is 6.10 Å². The predicted octanol–water partition coefficient (Wildman–Crippen LogP) is 4.41. The van der Waals surface area contributed by atoms with Crippen molar-refractivity contribution in [2.75, 3.05) is 6.61 Å². The minimum absolute atomic E-state index is 0.148. The number of aryl methyl sites for hydroxylation is 1. The van der Waals surface area contributed by atoms with E-state index in [1.54, 1.807) is 0 Å². The van der Waals surface area contributed by atoms with Gasteiger partial charge in [-0.15, -0.1) is 0 Å². The lowest BCUT2D eigenvalue weighted by molar-refractivity contribution is 0.217. The number of rotatable bonds is 5. The molecule has 2 aromatic carbocycles. The molecule has 0 aliphatic rings. The van der Waals surface area contributed by atoms with Crippen LogP contribution in [0.1, 0.15) is 31.3 Å². The average Bonchev–Trinajstić information content (AvgIpc) is 2.92. The van der Waals surface area contributed by atoms with Crippen molar-refractivity contribution in [1.82, 2.24) is 9.97 Å². The van der Waals surface area contributed by atoms with Gasteiger partial charge in [0.2, 0.25) is 0 Å². The summed E-state index contributed by atoms with van der Waals surface area (Å²) in [7, 11) is 0. The van der Waals surface area contributed by atoms with E-state index in [0.29, 0.717) is 6.61 Å². The van der Waals surface area contributed by atoms with Gasteiger partial charge in [-0.1, -0.05) is 6.07 Å². The Hall–Kier alpha value is -2.49. The van der Waals surface area contributed by atoms with Gasteiger partial charge in [0.05, 0.1) is 17.6 Å². The van der Waals surface area contributed by atoms with Gasteiger partial charge >= 0.3 is 0 Å². The smallest absolute Gasteiger partial charge is 0.153 e. The van der Waals surface area contributed by atoms with E-state index in [2.05, 4.69) is 29.0 Å². The zero-order chi connectivity index (χ0) is 15.5. The molecule has 22 heavy (non-hydrogen) atoms. The van der Waals surface area contributed by atoms with Gasteiger partial charge in [-0.3, -0.25) is 0 Å². The molecule has 1 N–H and O–H groups in total. The van der Waals surface area contributed by atoms with E-state index in [0.717, 1.165) is 28.4 Å². The minimum Gasteiger partial charge on any atom is -0.494 e. The number of aromatic nitrogens is 2. The van der Waals surface area contributed by atoms with Crippen molar-refractivity contribution in [2.24, 2.45) is 0 Å². The number of nitrogens with one attached hydrogen (secondary N) is 1. The van der Waals surface area contributed by atoms with Crippen LogP contribution >= 0.6 is 0 Å². The number of hydrogen-bond donors (Lipinski definition) is 1. The summed E-state index contributed by atoms with van der Waals surface area (Å²) >= 11 is 0. The second-order valence-corrected chi connectivity index (χ2v) is 5.31. The molecular formula is C18H20N2O2. The first-order valence-corrected chi connectivity index (χ1v) is 7.51. The molecule has 1 atom stereocenters. The Morgan fingerprint density at radius 1 is 1.09 bits per heavy atom. The Kier molecular flexibility index (Phi) is 4.00. The molecule has 4 nitrogen and oxygen atoms in total. The standard InChI is InChI=1S/C18H20N2O2/c1-4-21-14-6-8-15(9-7-14)22-13(3)18-19-16-10-5-12(2)11-17(16)20-18/h5-11,13H,4H2,1-3H3,(H,19,20). The highest BCUT2D eigenvalue weighted by Gasteiger charge is 2.12. The maximum absolute atomic E-state index is 5.94. The summed E-state index contributed by atoms with van der Waals surface area (Å²) in [5, 5.41) is 0. The molecule has 0 amide bonds. The first-order chi connectivity index (χ1) is 10.7. The molecule has 0 aliphatic carbocycles. The van der Waals surface area contributed by atoms with Crippen molar-refractivity contribution >= 4 is 11.0 Å². The summed E-state index contributed by atoms with van der Waals surface area (Å²) in [4.78, 5) is 7.92. The zero-order valence-electron chi connectivity index (χ0n) is 13.1. The monoisotopic (exact) mass is 296 g/mol. The summed E-state index contributed by atoms with van der Waals surface area (Å²) in [5.74, 6) is 2.48. The largest absolute Gasteiger partial charge is 0.494 e. The van der Waals surface area contributed by atoms with Crippen LogP contribution in [-0.4, -0.2) is 16.6 Å². The molecule has 4 heteroatoms. The van der Waals surface area contributed by atoms with Crippen LogP contribution in [0.25, 0.3) is 11.0 Å². The van der Waals surface area contributed by atoms with Gasteiger partial charge in [0.1, 0.15) is 17.3 Å². The number of benzene rings is 2. The third kappa shape index (κ3) is 3.06. The summed E-state index contributed by atoms with van der Waals surface area (Å²) in [6, 6.07) is 13.8. The Morgan fingerprint density at radius 3 is 2.55 bits per heavy atom. The number of H-pyrrole nitrogens is 1. The van der Waals surface area contributed by atoms with E-state index in [9.17, 15) is 0 Å². The summed E-state index contributed by atoms with van der Waals surface area (Å²) < 4.78 is 11.4. The molecule has 3 rings (SSSR count). The minimum atomic E-state index is -0.148. The predicted molar refractivity (Wildman–Crippen MR) is 87.5 cm³/mol. The van der Waals surface area contributed by atoms with Gasteiger partial charge in [-0.05, 0) is 62.7 Å². The fourth-order valence-corrected chi connectivity index (χ4v) is 2.38. The van der Waals surface area contributed by atoms with E-state index in [4.69, 9.17) is 9.47 Å². The van der Waals surface area contributed by atoms with E-state index < -0.39 is 0 Å². The van der Waals surface area contributed by atoms with Gasteiger partial charge in [-0.25, -0.2) is 4.98 Å². The second kappa shape index (κ2) is 6.10. The first-order valence-electron chi connectivity index (χ1n) is 7.51. The van der Waals surface area contributed by atoms with Gasteiger partial charge in [0, 0.05) is 0 Å². The molecule has 0 saturated heterocycles. The number of fused-ring (bicyclic) bond motifs is 1. The highest BCUT2D eigenvalue weighted by atomic mass is 16.5. The fraction of sp³-hybridized carbons (Fsp3) is 0.278. The highest BCUT2D eigenvalue weighted by Crippen LogP contribution is 2.24. The summed E-state index contributed by atoms with van der Waals surface area (Å²) in [5.41, 5.74) is 3.21. The molecule has 0 saturated carbocycles. The van der Waals surface area contributed by atoms with Crippen LogP contribution in [-0.2, 0) is 0 Å². The molecular weight excluding hydrogens is 276 g/mol. The highest BCUT2D eigenvalue weighted by molar-refractivity contribution is 5.75. The van der Waals surface area contributed by atoms with E-state index in [1.807, 2.05) is 44.2 Å². The molecule has 114 valence electrons. The van der Waals surface area contributed by atoms with Crippen LogP contribution < -0.4 is 9.47 Å². The third-order valence-corrected chi connectivity index (χ3v) is 3.49. The van der Waals surface area contributed by atoms with Gasteiger partial charge in [-0.2, -0.15) is 0 Å². The van der Waals surface area contributed by atoms with Crippen LogP contribution in [0, 0.1) is 6.92 Å². The molecule has 0 spiro atoms. The van der Waals surface area contributed by atoms with Crippen molar-refractivity contribution in [3.05, 3.63) is 53.9 Å². The Bertz CT molecular complexity index is 762. The lowest BCUT2D eigenvalue weighted by Crippen LogP contribution is -2.05. The van der Waals surface area contributed by atoms with Crippen molar-refractivity contribution < 1.29 is 9.47 Å². The van der Waals surface area contributed by atoms with Crippen LogP contribution in [0.2, 0.25) is 0 Å². The molecule has 0 aliphatic heterocycles. The van der Waals surface area contributed by atoms with Crippen LogP contribution in [0.4, 0.5) is 0 Å². The Morgan fingerprint density at radius 2 is 1.82 bits per heavy atom. The number of hydrogen-bond acceptors (Lipinski definition) is 3. The van der Waals surface area contributed by atoms with Crippen LogP contribution in [0.15, 0.2) is 42.5 Å². The molecule has 1 aromatic heterocycles. The van der Waals surface area contributed by atoms with Crippen molar-refractivity contribution in [2.45, 2.75) is 26.9 Å². The van der Waals surface area contributed by atoms with E-state index in [-0.39, 0.29) is 6.10 Å². The van der Waals surface area contributed by atoms with Crippen LogP contribution in [0.3, 0.4) is 0 Å². The lowest BCUT2D eigenvalue weighted by atomic mass is 10.2. The second-order valence-electron chi connectivity index (χ2n) is 5.31. The Balaban J connectivity index is 1.76. The summed E-state index contributed by atoms with van der Waals surface area (Å²) in [6.45, 7) is 6.69. The van der Waals surface area contributed by atoms with Crippen LogP contribution in [0.5, 0.6) is 11.5 Å². The number of aromatic amines is 1. The number of imidazole rings is 1. The third-order valence-electron chi connectivity index (χ3n) is 3.49. The SMILES string of the molecule is CCOc1ccc(OC(C)c2nc3ccc(C)cc3[nH]2)cc1. The van der Waals surface area contributed by atoms with Crippen molar-refractivity contribution in [3.8, 4) is 11.5 Å².